The van der Waals surface area contributed by atoms with Gasteiger partial charge in [-0.2, -0.15) is 13.2 Å². The van der Waals surface area contributed by atoms with Crippen LogP contribution < -0.4 is 4.87 Å². The number of aromatic nitrogens is 1. The second kappa shape index (κ2) is 5.93. The van der Waals surface area contributed by atoms with Crippen LogP contribution in [0, 0.1) is 11.8 Å². The molecular weight excluding hydrogens is 283 g/mol. The normalized spacial score (nSPS) is 10.8. The summed E-state index contributed by atoms with van der Waals surface area (Å²) >= 11 is 0.211. The molecule has 0 N–H and O–H groups in total. The van der Waals surface area contributed by atoms with Gasteiger partial charge in [0.2, 0.25) is 0 Å². The molecule has 1 aromatic rings. The first-order chi connectivity index (χ1) is 8.82. The summed E-state index contributed by atoms with van der Waals surface area (Å²) in [5.74, 6) is 3.61. The number of hydrogen-bond acceptors (Lipinski definition) is 4. The number of halogens is 3. The van der Waals surface area contributed by atoms with E-state index in [0.29, 0.717) is 4.57 Å². The van der Waals surface area contributed by atoms with Gasteiger partial charge in [0.1, 0.15) is 4.88 Å². The maximum Gasteiger partial charge on any atom is 0.433 e. The van der Waals surface area contributed by atoms with Crippen LogP contribution in [0.3, 0.4) is 0 Å². The molecule has 0 aliphatic heterocycles. The number of thiazole rings is 1. The number of rotatable bonds is 3. The summed E-state index contributed by atoms with van der Waals surface area (Å²) in [4.78, 5) is 21.4. The third-order valence-corrected chi connectivity index (χ3v) is 3.00. The quantitative estimate of drug-likeness (QED) is 0.633. The summed E-state index contributed by atoms with van der Waals surface area (Å²) in [6.45, 7) is 2.42. The van der Waals surface area contributed by atoms with E-state index in [-0.39, 0.29) is 17.9 Å². The first-order valence-corrected chi connectivity index (χ1v) is 6.02. The van der Waals surface area contributed by atoms with Crippen LogP contribution >= 0.6 is 11.3 Å². The Hall–Kier alpha value is -1.75. The maximum absolute atomic E-state index is 12.9. The summed E-state index contributed by atoms with van der Waals surface area (Å²) in [5, 5.41) is 0. The van der Waals surface area contributed by atoms with Crippen molar-refractivity contribution in [3.8, 4) is 11.8 Å². The molecule has 0 aliphatic rings. The van der Waals surface area contributed by atoms with Crippen LogP contribution in [0.25, 0.3) is 0 Å². The zero-order valence-electron chi connectivity index (χ0n) is 10.1. The van der Waals surface area contributed by atoms with Crippen molar-refractivity contribution in [3.63, 3.8) is 0 Å². The van der Waals surface area contributed by atoms with E-state index in [9.17, 15) is 22.8 Å². The molecule has 0 aliphatic carbocycles. The molecule has 0 radical (unpaired) electrons. The van der Waals surface area contributed by atoms with Gasteiger partial charge < -0.3 is 4.74 Å². The van der Waals surface area contributed by atoms with E-state index in [1.165, 1.54) is 13.8 Å². The number of hydrogen-bond donors (Lipinski definition) is 0. The highest BCUT2D eigenvalue weighted by atomic mass is 32.1. The summed E-state index contributed by atoms with van der Waals surface area (Å²) in [6.07, 6.45) is -4.82. The van der Waals surface area contributed by atoms with E-state index in [0.717, 1.165) is 0 Å². The van der Waals surface area contributed by atoms with Gasteiger partial charge in [-0.15, -0.1) is 5.92 Å². The maximum atomic E-state index is 12.9. The summed E-state index contributed by atoms with van der Waals surface area (Å²) in [7, 11) is 0. The van der Waals surface area contributed by atoms with Gasteiger partial charge in [-0.05, 0) is 13.8 Å². The lowest BCUT2D eigenvalue weighted by Crippen LogP contribution is -2.23. The highest BCUT2D eigenvalue weighted by molar-refractivity contribution is 7.11. The Morgan fingerprint density at radius 1 is 1.47 bits per heavy atom. The second-order valence-corrected chi connectivity index (χ2v) is 4.24. The minimum Gasteiger partial charge on any atom is -0.462 e. The molecule has 104 valence electrons. The lowest BCUT2D eigenvalue weighted by atomic mass is 10.3. The van der Waals surface area contributed by atoms with Crippen LogP contribution in [0.15, 0.2) is 4.79 Å². The number of alkyl halides is 3. The predicted molar refractivity (Wildman–Crippen MR) is 63.0 cm³/mol. The minimum absolute atomic E-state index is 0.0724. The van der Waals surface area contributed by atoms with E-state index >= 15 is 0 Å². The zero-order chi connectivity index (χ0) is 14.6. The highest BCUT2D eigenvalue weighted by Gasteiger charge is 2.41. The van der Waals surface area contributed by atoms with Crippen molar-refractivity contribution >= 4 is 17.3 Å². The standard InChI is InChI=1S/C11H10F3NO3S/c1-3-5-6-15-8(11(12,13)14)7(19-10(15)17)9(16)18-4-2/h4,6H2,1-2H3. The molecule has 19 heavy (non-hydrogen) atoms. The first kappa shape index (κ1) is 15.3. The van der Waals surface area contributed by atoms with E-state index in [1.54, 1.807) is 0 Å². The van der Waals surface area contributed by atoms with Gasteiger partial charge in [0.25, 0.3) is 0 Å². The largest absolute Gasteiger partial charge is 0.462 e. The van der Waals surface area contributed by atoms with E-state index in [4.69, 9.17) is 0 Å². The predicted octanol–water partition coefficient (Wildman–Crippen LogP) is 2.13. The molecule has 0 unspecified atom stereocenters. The van der Waals surface area contributed by atoms with E-state index in [1.807, 2.05) is 0 Å². The van der Waals surface area contributed by atoms with Crippen molar-refractivity contribution in [2.45, 2.75) is 26.6 Å². The molecule has 0 fully saturated rings. The van der Waals surface area contributed by atoms with Gasteiger partial charge in [-0.25, -0.2) is 4.79 Å². The van der Waals surface area contributed by atoms with E-state index in [2.05, 4.69) is 16.6 Å². The van der Waals surface area contributed by atoms with Gasteiger partial charge in [-0.3, -0.25) is 9.36 Å². The molecule has 0 aromatic carbocycles. The molecule has 0 atom stereocenters. The fourth-order valence-electron chi connectivity index (χ4n) is 1.32. The van der Waals surface area contributed by atoms with Crippen LogP contribution in [0.1, 0.15) is 29.2 Å². The van der Waals surface area contributed by atoms with Gasteiger partial charge in [0.05, 0.1) is 13.2 Å². The van der Waals surface area contributed by atoms with Crippen molar-refractivity contribution in [1.29, 1.82) is 0 Å². The first-order valence-electron chi connectivity index (χ1n) is 5.20. The Kier molecular flexibility index (Phi) is 4.78. The number of ether oxygens (including phenoxy) is 1. The lowest BCUT2D eigenvalue weighted by molar-refractivity contribution is -0.143. The Balaban J connectivity index is 3.43. The molecule has 4 nitrogen and oxygen atoms in total. The number of carbonyl (C=O) groups excluding carboxylic acids is 1. The van der Waals surface area contributed by atoms with Gasteiger partial charge >= 0.3 is 17.0 Å². The van der Waals surface area contributed by atoms with Gasteiger partial charge in [0, 0.05) is 0 Å². The Bertz CT molecular complexity index is 589. The highest BCUT2D eigenvalue weighted by Crippen LogP contribution is 2.33. The minimum atomic E-state index is -4.82. The molecular formula is C11H10F3NO3S. The summed E-state index contributed by atoms with van der Waals surface area (Å²) in [6, 6.07) is 0. The smallest absolute Gasteiger partial charge is 0.433 e. The van der Waals surface area contributed by atoms with Crippen LogP contribution in [0.5, 0.6) is 0 Å². The zero-order valence-corrected chi connectivity index (χ0v) is 10.9. The third kappa shape index (κ3) is 3.38. The van der Waals surface area contributed by atoms with Crippen LogP contribution in [0.4, 0.5) is 13.2 Å². The Morgan fingerprint density at radius 3 is 2.58 bits per heavy atom. The molecule has 8 heteroatoms. The van der Waals surface area contributed by atoms with Gasteiger partial charge in [-0.1, -0.05) is 17.3 Å². The van der Waals surface area contributed by atoms with Crippen LogP contribution in [-0.2, 0) is 17.5 Å². The lowest BCUT2D eigenvalue weighted by Gasteiger charge is -2.10. The van der Waals surface area contributed by atoms with Crippen LogP contribution in [-0.4, -0.2) is 17.1 Å². The monoisotopic (exact) mass is 293 g/mol. The average Bonchev–Trinajstić information content (AvgIpc) is 2.64. The number of carbonyl (C=O) groups is 1. The van der Waals surface area contributed by atoms with Crippen molar-refractivity contribution in [2.75, 3.05) is 6.61 Å². The van der Waals surface area contributed by atoms with Crippen LogP contribution in [0.2, 0.25) is 0 Å². The molecule has 0 saturated carbocycles. The van der Waals surface area contributed by atoms with Crippen molar-refractivity contribution in [1.82, 2.24) is 4.57 Å². The Morgan fingerprint density at radius 2 is 2.11 bits per heavy atom. The number of nitrogens with zero attached hydrogens (tertiary/aromatic N) is 1. The molecule has 1 aromatic heterocycles. The number of esters is 1. The third-order valence-electron chi connectivity index (χ3n) is 2.04. The molecule has 1 rings (SSSR count). The SMILES string of the molecule is CC#CCn1c(C(F)(F)F)c(C(=O)OCC)sc1=O. The fourth-order valence-corrected chi connectivity index (χ4v) is 2.23. The average molecular weight is 293 g/mol. The molecule has 0 amide bonds. The van der Waals surface area contributed by atoms with Crippen molar-refractivity contribution in [2.24, 2.45) is 0 Å². The van der Waals surface area contributed by atoms with E-state index < -0.39 is 34.1 Å². The molecule has 0 saturated heterocycles. The second-order valence-electron chi connectivity index (χ2n) is 3.28. The van der Waals surface area contributed by atoms with Crippen molar-refractivity contribution < 1.29 is 22.7 Å². The topological polar surface area (TPSA) is 48.3 Å². The molecule has 0 bridgehead atoms. The fraction of sp³-hybridized carbons (Fsp3) is 0.455. The summed E-state index contributed by atoms with van der Waals surface area (Å²) in [5.41, 5.74) is -1.30. The van der Waals surface area contributed by atoms with Crippen molar-refractivity contribution in [3.05, 3.63) is 20.2 Å². The Labute approximate surface area is 110 Å². The van der Waals surface area contributed by atoms with Gasteiger partial charge in [0.15, 0.2) is 5.69 Å². The molecule has 0 spiro atoms. The molecule has 1 heterocycles. The summed E-state index contributed by atoms with van der Waals surface area (Å²) < 4.78 is 43.8.